The van der Waals surface area contributed by atoms with Crippen LogP contribution in [0.2, 0.25) is 0 Å². The van der Waals surface area contributed by atoms with E-state index in [2.05, 4.69) is 15.5 Å². The lowest BCUT2D eigenvalue weighted by molar-refractivity contribution is 0.0943. The van der Waals surface area contributed by atoms with Crippen LogP contribution in [-0.2, 0) is 16.8 Å². The topological polar surface area (TPSA) is 112 Å². The van der Waals surface area contributed by atoms with Gasteiger partial charge in [-0.15, -0.1) is 0 Å². The number of hydrogen-bond acceptors (Lipinski definition) is 5. The molecule has 2 fully saturated rings. The Balaban J connectivity index is 1.32. The SMILES string of the molecule is O=C(NCc1ccco1)c1cc(C2CCN(S(=O)(=O)N3CCCC3)CC2)[nH]n1. The Morgan fingerprint density at radius 3 is 2.61 bits per heavy atom. The highest BCUT2D eigenvalue weighted by Gasteiger charge is 2.35. The molecule has 2 aromatic rings. The van der Waals surface area contributed by atoms with Crippen LogP contribution in [0.25, 0.3) is 0 Å². The van der Waals surface area contributed by atoms with Gasteiger partial charge < -0.3 is 9.73 Å². The molecule has 0 radical (unpaired) electrons. The van der Waals surface area contributed by atoms with E-state index >= 15 is 0 Å². The van der Waals surface area contributed by atoms with Crippen molar-refractivity contribution in [3.05, 3.63) is 41.6 Å². The molecule has 0 aromatic carbocycles. The number of amides is 1. The maximum atomic E-state index is 12.7. The van der Waals surface area contributed by atoms with Crippen LogP contribution in [0.15, 0.2) is 28.9 Å². The van der Waals surface area contributed by atoms with Crippen molar-refractivity contribution in [3.63, 3.8) is 0 Å². The lowest BCUT2D eigenvalue weighted by Gasteiger charge is -2.33. The van der Waals surface area contributed by atoms with Crippen molar-refractivity contribution >= 4 is 16.1 Å². The first kappa shape index (κ1) is 19.2. The number of nitrogens with one attached hydrogen (secondary N) is 2. The van der Waals surface area contributed by atoms with Gasteiger partial charge in [0.25, 0.3) is 16.1 Å². The zero-order valence-corrected chi connectivity index (χ0v) is 16.5. The minimum atomic E-state index is -3.34. The third-order valence-electron chi connectivity index (χ3n) is 5.44. The molecule has 1 amide bonds. The first-order valence-corrected chi connectivity index (χ1v) is 11.0. The van der Waals surface area contributed by atoms with Crippen molar-refractivity contribution in [3.8, 4) is 0 Å². The van der Waals surface area contributed by atoms with Crippen molar-refractivity contribution in [2.45, 2.75) is 38.1 Å². The summed E-state index contributed by atoms with van der Waals surface area (Å²) in [6.45, 7) is 2.53. The normalized spacial score (nSPS) is 19.9. The summed E-state index contributed by atoms with van der Waals surface area (Å²) in [6.07, 6.45) is 4.86. The molecule has 10 heteroatoms. The Labute approximate surface area is 164 Å². The van der Waals surface area contributed by atoms with Gasteiger partial charge in [0.15, 0.2) is 0 Å². The molecule has 4 rings (SSSR count). The van der Waals surface area contributed by atoms with E-state index in [1.807, 2.05) is 0 Å². The van der Waals surface area contributed by atoms with Crippen LogP contribution in [0.4, 0.5) is 0 Å². The molecule has 4 heterocycles. The molecule has 0 bridgehead atoms. The monoisotopic (exact) mass is 407 g/mol. The van der Waals surface area contributed by atoms with E-state index < -0.39 is 10.2 Å². The number of carbonyl (C=O) groups is 1. The standard InChI is InChI=1S/C18H25N5O4S/c24-18(19-13-15-4-3-11-27-15)17-12-16(20-21-17)14-5-9-23(10-6-14)28(25,26)22-7-1-2-8-22/h3-4,11-12,14H,1-2,5-10,13H2,(H,19,24)(H,20,21). The van der Waals surface area contributed by atoms with Gasteiger partial charge in [-0.3, -0.25) is 9.89 Å². The van der Waals surface area contributed by atoms with Gasteiger partial charge in [0.2, 0.25) is 0 Å². The van der Waals surface area contributed by atoms with Gasteiger partial charge in [0.05, 0.1) is 12.8 Å². The fourth-order valence-corrected chi connectivity index (χ4v) is 5.53. The van der Waals surface area contributed by atoms with E-state index in [1.54, 1.807) is 33.1 Å². The lowest BCUT2D eigenvalue weighted by atomic mass is 9.94. The van der Waals surface area contributed by atoms with Crippen LogP contribution in [0.1, 0.15) is 53.5 Å². The first-order valence-electron chi connectivity index (χ1n) is 9.65. The van der Waals surface area contributed by atoms with E-state index in [0.29, 0.717) is 57.0 Å². The quantitative estimate of drug-likeness (QED) is 0.753. The van der Waals surface area contributed by atoms with E-state index in [-0.39, 0.29) is 11.8 Å². The zero-order chi connectivity index (χ0) is 19.6. The second kappa shape index (κ2) is 8.06. The molecule has 0 unspecified atom stereocenters. The van der Waals surface area contributed by atoms with E-state index in [0.717, 1.165) is 18.5 Å². The number of carbonyl (C=O) groups excluding carboxylic acids is 1. The Morgan fingerprint density at radius 1 is 1.21 bits per heavy atom. The molecule has 9 nitrogen and oxygen atoms in total. The Bertz CT molecular complexity index is 894. The van der Waals surface area contributed by atoms with Gasteiger partial charge in [-0.05, 0) is 43.9 Å². The largest absolute Gasteiger partial charge is 0.467 e. The number of aromatic amines is 1. The van der Waals surface area contributed by atoms with Gasteiger partial charge in [-0.25, -0.2) is 0 Å². The highest BCUT2D eigenvalue weighted by atomic mass is 32.2. The molecular weight excluding hydrogens is 382 g/mol. The highest BCUT2D eigenvalue weighted by molar-refractivity contribution is 7.86. The highest BCUT2D eigenvalue weighted by Crippen LogP contribution is 2.29. The fraction of sp³-hybridized carbons (Fsp3) is 0.556. The Kier molecular flexibility index (Phi) is 5.51. The molecule has 28 heavy (non-hydrogen) atoms. The number of H-pyrrole nitrogens is 1. The summed E-state index contributed by atoms with van der Waals surface area (Å²) in [5, 5.41) is 9.83. The predicted octanol–water partition coefficient (Wildman–Crippen LogP) is 1.45. The molecule has 0 aliphatic carbocycles. The van der Waals surface area contributed by atoms with Crippen LogP contribution < -0.4 is 5.32 Å². The molecule has 0 atom stereocenters. The van der Waals surface area contributed by atoms with E-state index in [4.69, 9.17) is 4.42 Å². The maximum absolute atomic E-state index is 12.7. The number of aromatic nitrogens is 2. The van der Waals surface area contributed by atoms with E-state index in [9.17, 15) is 13.2 Å². The number of nitrogens with zero attached hydrogens (tertiary/aromatic N) is 3. The number of rotatable bonds is 6. The molecule has 0 saturated carbocycles. The molecule has 2 aromatic heterocycles. The molecular formula is C18H25N5O4S. The van der Waals surface area contributed by atoms with Crippen molar-refractivity contribution in [2.24, 2.45) is 0 Å². The van der Waals surface area contributed by atoms with Gasteiger partial charge in [0.1, 0.15) is 11.5 Å². The second-order valence-electron chi connectivity index (χ2n) is 7.26. The van der Waals surface area contributed by atoms with E-state index in [1.165, 1.54) is 0 Å². The fourth-order valence-electron chi connectivity index (χ4n) is 3.81. The molecule has 152 valence electrons. The number of piperidine rings is 1. The molecule has 2 aliphatic rings. The zero-order valence-electron chi connectivity index (χ0n) is 15.6. The average Bonchev–Trinajstić information content (AvgIpc) is 3.48. The maximum Gasteiger partial charge on any atom is 0.281 e. The average molecular weight is 407 g/mol. The van der Waals surface area contributed by atoms with Crippen LogP contribution >= 0.6 is 0 Å². The van der Waals surface area contributed by atoms with Crippen molar-refractivity contribution in [1.82, 2.24) is 24.1 Å². The third kappa shape index (κ3) is 3.98. The van der Waals surface area contributed by atoms with Gasteiger partial charge in [-0.2, -0.15) is 22.1 Å². The predicted molar refractivity (Wildman–Crippen MR) is 102 cm³/mol. The smallest absolute Gasteiger partial charge is 0.281 e. The third-order valence-corrected chi connectivity index (χ3v) is 7.48. The minimum absolute atomic E-state index is 0.171. The summed E-state index contributed by atoms with van der Waals surface area (Å²) >= 11 is 0. The first-order chi connectivity index (χ1) is 13.5. The lowest BCUT2D eigenvalue weighted by Crippen LogP contribution is -2.45. The molecule has 2 aliphatic heterocycles. The van der Waals surface area contributed by atoms with Gasteiger partial charge >= 0.3 is 0 Å². The molecule has 0 spiro atoms. The molecule has 2 N–H and O–H groups in total. The second-order valence-corrected chi connectivity index (χ2v) is 9.19. The summed E-state index contributed by atoms with van der Waals surface area (Å²) in [6, 6.07) is 5.32. The summed E-state index contributed by atoms with van der Waals surface area (Å²) in [5.74, 6) is 0.577. The Hall–Kier alpha value is -2.17. The summed E-state index contributed by atoms with van der Waals surface area (Å²) in [5.41, 5.74) is 1.20. The minimum Gasteiger partial charge on any atom is -0.467 e. The van der Waals surface area contributed by atoms with Crippen molar-refractivity contribution in [1.29, 1.82) is 0 Å². The van der Waals surface area contributed by atoms with Crippen molar-refractivity contribution < 1.29 is 17.6 Å². The van der Waals surface area contributed by atoms with Gasteiger partial charge in [0, 0.05) is 37.8 Å². The summed E-state index contributed by atoms with van der Waals surface area (Å²) in [4.78, 5) is 12.2. The van der Waals surface area contributed by atoms with Crippen molar-refractivity contribution in [2.75, 3.05) is 26.2 Å². The Morgan fingerprint density at radius 2 is 1.93 bits per heavy atom. The van der Waals surface area contributed by atoms with Crippen LogP contribution in [0, 0.1) is 0 Å². The summed E-state index contributed by atoms with van der Waals surface area (Å²) in [7, 11) is -3.34. The molecule has 2 saturated heterocycles. The van der Waals surface area contributed by atoms with Crippen LogP contribution in [0.3, 0.4) is 0 Å². The number of hydrogen-bond donors (Lipinski definition) is 2. The van der Waals surface area contributed by atoms with Crippen LogP contribution in [-0.4, -0.2) is 59.3 Å². The van der Waals surface area contributed by atoms with Gasteiger partial charge in [-0.1, -0.05) is 0 Å². The van der Waals surface area contributed by atoms with Crippen LogP contribution in [0.5, 0.6) is 0 Å². The number of furan rings is 1. The summed E-state index contributed by atoms with van der Waals surface area (Å²) < 4.78 is 33.7.